The average molecular weight is 393 g/mol. The number of carbonyl (C=O) groups is 3. The molecule has 0 radical (unpaired) electrons. The van der Waals surface area contributed by atoms with Gasteiger partial charge in [-0.3, -0.25) is 9.59 Å². The summed E-state index contributed by atoms with van der Waals surface area (Å²) in [7, 11) is 0. The number of anilines is 1. The van der Waals surface area contributed by atoms with Crippen molar-refractivity contribution in [2.24, 2.45) is 17.4 Å². The van der Waals surface area contributed by atoms with Gasteiger partial charge in [0.15, 0.2) is 0 Å². The van der Waals surface area contributed by atoms with Gasteiger partial charge in [-0.1, -0.05) is 26.0 Å². The number of hydrogen-bond donors (Lipinski definition) is 6. The second kappa shape index (κ2) is 11.3. The number of nitrogens with one attached hydrogen (secondary N) is 3. The van der Waals surface area contributed by atoms with Crippen LogP contribution < -0.4 is 27.4 Å². The average Bonchev–Trinajstić information content (AvgIpc) is 2.63. The van der Waals surface area contributed by atoms with Gasteiger partial charge >= 0.3 is 6.03 Å². The summed E-state index contributed by atoms with van der Waals surface area (Å²) in [5.74, 6) is -0.885. The first-order valence-corrected chi connectivity index (χ1v) is 9.30. The summed E-state index contributed by atoms with van der Waals surface area (Å²) in [6, 6.07) is 4.57. The molecule has 9 heteroatoms. The Morgan fingerprint density at radius 3 is 2.18 bits per heavy atom. The summed E-state index contributed by atoms with van der Waals surface area (Å²) in [6.07, 6.45) is 0.139. The molecule has 0 aliphatic heterocycles. The second-order valence-electron chi connectivity index (χ2n) is 7.05. The number of aliphatic hydroxyl groups excluding tert-OH is 1. The Kier molecular flexibility index (Phi) is 9.40. The van der Waals surface area contributed by atoms with Crippen molar-refractivity contribution in [3.63, 3.8) is 0 Å². The largest absolute Gasteiger partial charge is 0.389 e. The van der Waals surface area contributed by atoms with E-state index in [1.54, 1.807) is 31.2 Å². The predicted octanol–water partition coefficient (Wildman–Crippen LogP) is 0.595. The molecule has 1 unspecified atom stereocenters. The molecule has 3 atom stereocenters. The molecule has 0 aliphatic rings. The van der Waals surface area contributed by atoms with Gasteiger partial charge in [0.25, 0.3) is 0 Å². The molecule has 4 amide bonds. The molecule has 0 saturated carbocycles. The Morgan fingerprint density at radius 2 is 1.68 bits per heavy atom. The van der Waals surface area contributed by atoms with Crippen molar-refractivity contribution in [3.05, 3.63) is 29.8 Å². The minimum Gasteiger partial charge on any atom is -0.389 e. The Labute approximate surface area is 165 Å². The molecule has 0 fully saturated rings. The molecular formula is C19H31N5O4. The molecule has 1 aromatic rings. The number of rotatable bonds is 10. The fourth-order valence-corrected chi connectivity index (χ4v) is 2.43. The molecule has 0 spiro atoms. The minimum absolute atomic E-state index is 0.0757. The van der Waals surface area contributed by atoms with E-state index in [2.05, 4.69) is 16.0 Å². The van der Waals surface area contributed by atoms with Crippen LogP contribution in [0.5, 0.6) is 0 Å². The molecule has 1 aromatic carbocycles. The Bertz CT molecular complexity index is 661. The number of urea groups is 1. The highest BCUT2D eigenvalue weighted by molar-refractivity contribution is 5.97. The quantitative estimate of drug-likeness (QED) is 0.320. The summed E-state index contributed by atoms with van der Waals surface area (Å²) in [5.41, 5.74) is 12.1. The van der Waals surface area contributed by atoms with Crippen LogP contribution in [-0.4, -0.2) is 41.6 Å². The monoisotopic (exact) mass is 393 g/mol. The van der Waals surface area contributed by atoms with E-state index in [1.807, 2.05) is 13.8 Å². The number of benzene rings is 1. The lowest BCUT2D eigenvalue weighted by Gasteiger charge is -2.22. The van der Waals surface area contributed by atoms with E-state index in [1.165, 1.54) is 0 Å². The predicted molar refractivity (Wildman–Crippen MR) is 107 cm³/mol. The van der Waals surface area contributed by atoms with E-state index in [9.17, 15) is 19.5 Å². The van der Waals surface area contributed by atoms with Crippen molar-refractivity contribution in [3.8, 4) is 0 Å². The number of hydrogen-bond acceptors (Lipinski definition) is 5. The zero-order valence-corrected chi connectivity index (χ0v) is 16.6. The van der Waals surface area contributed by atoms with Crippen LogP contribution in [0.4, 0.5) is 10.5 Å². The third-order valence-electron chi connectivity index (χ3n) is 4.28. The van der Waals surface area contributed by atoms with Gasteiger partial charge in [0.05, 0.1) is 12.1 Å². The summed E-state index contributed by atoms with van der Waals surface area (Å²) in [4.78, 5) is 35.7. The third-order valence-corrected chi connectivity index (χ3v) is 4.28. The number of aliphatic hydroxyl groups is 1. The van der Waals surface area contributed by atoms with Crippen LogP contribution in [0.25, 0.3) is 0 Å². The SMILES string of the molecule is CC(O)c1ccc(NC(=O)[C@H](CCCNC(N)=O)NC(=O)[C@@H](N)C(C)C)cc1. The Hall–Kier alpha value is -2.65. The van der Waals surface area contributed by atoms with Crippen LogP contribution >= 0.6 is 0 Å². The lowest BCUT2D eigenvalue weighted by Crippen LogP contribution is -2.51. The van der Waals surface area contributed by atoms with E-state index >= 15 is 0 Å². The maximum absolute atomic E-state index is 12.7. The Morgan fingerprint density at radius 1 is 1.07 bits per heavy atom. The van der Waals surface area contributed by atoms with Crippen LogP contribution in [0.2, 0.25) is 0 Å². The molecule has 0 saturated heterocycles. The molecule has 156 valence electrons. The van der Waals surface area contributed by atoms with E-state index in [4.69, 9.17) is 11.5 Å². The second-order valence-corrected chi connectivity index (χ2v) is 7.05. The van der Waals surface area contributed by atoms with Crippen molar-refractivity contribution in [2.45, 2.75) is 51.8 Å². The van der Waals surface area contributed by atoms with Crippen LogP contribution in [0.1, 0.15) is 45.3 Å². The van der Waals surface area contributed by atoms with Crippen LogP contribution in [0.3, 0.4) is 0 Å². The highest BCUT2D eigenvalue weighted by Gasteiger charge is 2.25. The molecule has 8 N–H and O–H groups in total. The lowest BCUT2D eigenvalue weighted by molar-refractivity contribution is -0.128. The van der Waals surface area contributed by atoms with Crippen molar-refractivity contribution in [1.29, 1.82) is 0 Å². The van der Waals surface area contributed by atoms with E-state index in [-0.39, 0.29) is 12.5 Å². The molecule has 0 heterocycles. The Balaban J connectivity index is 2.78. The summed E-state index contributed by atoms with van der Waals surface area (Å²) >= 11 is 0. The number of amides is 4. The molecule has 0 bridgehead atoms. The molecule has 0 aromatic heterocycles. The lowest BCUT2D eigenvalue weighted by atomic mass is 10.0. The van der Waals surface area contributed by atoms with E-state index < -0.39 is 36.0 Å². The van der Waals surface area contributed by atoms with Gasteiger partial charge in [-0.05, 0) is 43.4 Å². The maximum atomic E-state index is 12.7. The highest BCUT2D eigenvalue weighted by atomic mass is 16.3. The number of primary amides is 1. The number of carbonyl (C=O) groups excluding carboxylic acids is 3. The van der Waals surface area contributed by atoms with Gasteiger partial charge in [-0.15, -0.1) is 0 Å². The van der Waals surface area contributed by atoms with Gasteiger partial charge in [-0.2, -0.15) is 0 Å². The van der Waals surface area contributed by atoms with Crippen LogP contribution in [0.15, 0.2) is 24.3 Å². The summed E-state index contributed by atoms with van der Waals surface area (Å²) in [6.45, 7) is 5.57. The normalized spacial score (nSPS) is 14.1. The highest BCUT2D eigenvalue weighted by Crippen LogP contribution is 2.16. The first kappa shape index (κ1) is 23.4. The minimum atomic E-state index is -0.816. The fraction of sp³-hybridized carbons (Fsp3) is 0.526. The first-order chi connectivity index (χ1) is 13.1. The first-order valence-electron chi connectivity index (χ1n) is 9.30. The van der Waals surface area contributed by atoms with Crippen molar-refractivity contribution < 1.29 is 19.5 Å². The number of nitrogens with two attached hydrogens (primary N) is 2. The molecule has 9 nitrogen and oxygen atoms in total. The van der Waals surface area contributed by atoms with Gasteiger partial charge < -0.3 is 32.5 Å². The third kappa shape index (κ3) is 7.93. The van der Waals surface area contributed by atoms with Gasteiger partial charge in [0.1, 0.15) is 6.04 Å². The standard InChI is InChI=1S/C19H31N5O4/c1-11(2)16(20)18(27)24-15(5-4-10-22-19(21)28)17(26)23-14-8-6-13(7-9-14)12(3)25/h6-9,11-12,15-16,25H,4-5,10,20H2,1-3H3,(H,23,26)(H,24,27)(H3,21,22,28)/t12?,15-,16-/m0/s1. The van der Waals surface area contributed by atoms with Crippen LogP contribution in [0, 0.1) is 5.92 Å². The fourth-order valence-electron chi connectivity index (χ4n) is 2.43. The van der Waals surface area contributed by atoms with Crippen molar-refractivity contribution >= 4 is 23.5 Å². The molecule has 1 rings (SSSR count). The van der Waals surface area contributed by atoms with Crippen molar-refractivity contribution in [2.75, 3.05) is 11.9 Å². The molecule has 0 aliphatic carbocycles. The molecule has 28 heavy (non-hydrogen) atoms. The summed E-state index contributed by atoms with van der Waals surface area (Å²) < 4.78 is 0. The van der Waals surface area contributed by atoms with Gasteiger partial charge in [0.2, 0.25) is 11.8 Å². The van der Waals surface area contributed by atoms with Crippen molar-refractivity contribution in [1.82, 2.24) is 10.6 Å². The smallest absolute Gasteiger partial charge is 0.312 e. The maximum Gasteiger partial charge on any atom is 0.312 e. The van der Waals surface area contributed by atoms with Gasteiger partial charge in [0, 0.05) is 12.2 Å². The topological polar surface area (TPSA) is 160 Å². The van der Waals surface area contributed by atoms with Crippen LogP contribution in [-0.2, 0) is 9.59 Å². The zero-order chi connectivity index (χ0) is 21.3. The summed E-state index contributed by atoms with van der Waals surface area (Å²) in [5, 5.41) is 17.4. The van der Waals surface area contributed by atoms with E-state index in [0.717, 1.165) is 5.56 Å². The molecular weight excluding hydrogens is 362 g/mol. The van der Waals surface area contributed by atoms with Gasteiger partial charge in [-0.25, -0.2) is 4.79 Å². The van der Waals surface area contributed by atoms with E-state index in [0.29, 0.717) is 18.5 Å². The zero-order valence-electron chi connectivity index (χ0n) is 16.6.